The van der Waals surface area contributed by atoms with Crippen LogP contribution in [0.5, 0.6) is 0 Å². The van der Waals surface area contributed by atoms with Gasteiger partial charge in [0.1, 0.15) is 0 Å². The molecule has 0 radical (unpaired) electrons. The second kappa shape index (κ2) is 24.4. The van der Waals surface area contributed by atoms with Gasteiger partial charge in [0.15, 0.2) is 0 Å². The Morgan fingerprint density at radius 2 is 0.925 bits per heavy atom. The smallest absolute Gasteiger partial charge is 0.306 e. The molecule has 0 saturated carbocycles. The van der Waals surface area contributed by atoms with Gasteiger partial charge in [0.2, 0.25) is 0 Å². The molecule has 0 aromatic heterocycles. The van der Waals surface area contributed by atoms with Crippen LogP contribution in [0.3, 0.4) is 0 Å². The summed E-state index contributed by atoms with van der Waals surface area (Å²) in [4.78, 5) is 24.3. The van der Waals surface area contributed by atoms with Gasteiger partial charge >= 0.3 is 11.9 Å². The summed E-state index contributed by atoms with van der Waals surface area (Å²) in [5.74, 6) is -0.140. The number of ether oxygens (including phenoxy) is 2. The fourth-order valence-electron chi connectivity index (χ4n) is 4.83. The maximum Gasteiger partial charge on any atom is 0.306 e. The minimum Gasteiger partial charge on any atom is -0.463 e. The average molecular weight is 555 g/mol. The molecule has 0 N–H and O–H groups in total. The van der Waals surface area contributed by atoms with Crippen molar-refractivity contribution in [2.24, 2.45) is 0 Å². The Morgan fingerprint density at radius 1 is 0.600 bits per heavy atom. The largest absolute Gasteiger partial charge is 0.463 e. The molecular weight excluding hydrogens is 496 g/mol. The fraction of sp³-hybridized carbons (Fsp3) is 0.667. The molecule has 0 fully saturated rings. The summed E-state index contributed by atoms with van der Waals surface area (Å²) < 4.78 is 11.2. The first-order valence-electron chi connectivity index (χ1n) is 16.1. The van der Waals surface area contributed by atoms with Crippen molar-refractivity contribution in [2.45, 2.75) is 154 Å². The molecule has 0 spiro atoms. The Kier molecular flexibility index (Phi) is 21.8. The third-order valence-electron chi connectivity index (χ3n) is 7.45. The van der Waals surface area contributed by atoms with Crippen LogP contribution in [0.1, 0.15) is 141 Å². The van der Waals surface area contributed by atoms with E-state index in [1.165, 1.54) is 62.5 Å². The van der Waals surface area contributed by atoms with Gasteiger partial charge in [0.25, 0.3) is 0 Å². The maximum absolute atomic E-state index is 12.1. The highest BCUT2D eigenvalue weighted by Crippen LogP contribution is 2.15. The van der Waals surface area contributed by atoms with Crippen LogP contribution in [0.2, 0.25) is 0 Å². The van der Waals surface area contributed by atoms with Crippen LogP contribution in [-0.4, -0.2) is 24.1 Å². The first-order valence-corrected chi connectivity index (χ1v) is 16.1. The Bertz CT molecular complexity index is 731. The Balaban J connectivity index is 2.12. The highest BCUT2D eigenvalue weighted by atomic mass is 16.5. The van der Waals surface area contributed by atoms with Crippen LogP contribution >= 0.6 is 0 Å². The number of esters is 2. The monoisotopic (exact) mass is 554 g/mol. The number of allylic oxidation sites excluding steroid dienone is 2. The number of carbonyl (C=O) groups excluding carboxylic acids is 2. The molecule has 4 nitrogen and oxygen atoms in total. The van der Waals surface area contributed by atoms with E-state index in [0.29, 0.717) is 12.8 Å². The third kappa shape index (κ3) is 20.5. The lowest BCUT2D eigenvalue weighted by molar-refractivity contribution is -0.149. The number of aryl methyl sites for hydroxylation is 2. The third-order valence-corrected chi connectivity index (χ3v) is 7.45. The molecule has 0 amide bonds. The summed E-state index contributed by atoms with van der Waals surface area (Å²) in [6, 6.07) is 8.64. The normalized spacial score (nSPS) is 12.4. The second-order valence-electron chi connectivity index (χ2n) is 11.4. The van der Waals surface area contributed by atoms with Crippen molar-refractivity contribution < 1.29 is 19.1 Å². The van der Waals surface area contributed by atoms with E-state index in [-0.39, 0.29) is 24.1 Å². The molecule has 0 aliphatic heterocycles. The predicted molar refractivity (Wildman–Crippen MR) is 168 cm³/mol. The molecule has 40 heavy (non-hydrogen) atoms. The van der Waals surface area contributed by atoms with Gasteiger partial charge < -0.3 is 9.47 Å². The molecule has 0 aliphatic carbocycles. The van der Waals surface area contributed by atoms with E-state index in [4.69, 9.17) is 9.47 Å². The van der Waals surface area contributed by atoms with Crippen LogP contribution in [-0.2, 0) is 31.9 Å². The predicted octanol–water partition coefficient (Wildman–Crippen LogP) is 10.0. The first kappa shape index (κ1) is 35.7. The van der Waals surface area contributed by atoms with Gasteiger partial charge in [-0.2, -0.15) is 0 Å². The van der Waals surface area contributed by atoms with Crippen molar-refractivity contribution in [1.82, 2.24) is 0 Å². The lowest BCUT2D eigenvalue weighted by Crippen LogP contribution is -2.15. The highest BCUT2D eigenvalue weighted by molar-refractivity contribution is 5.69. The molecular formula is C36H58O4. The molecule has 2 unspecified atom stereocenters. The topological polar surface area (TPSA) is 52.6 Å². The van der Waals surface area contributed by atoms with Crippen LogP contribution < -0.4 is 0 Å². The van der Waals surface area contributed by atoms with Crippen LogP contribution in [0, 0.1) is 0 Å². The number of hydrogen-bond acceptors (Lipinski definition) is 4. The van der Waals surface area contributed by atoms with Crippen LogP contribution in [0.4, 0.5) is 0 Å². The van der Waals surface area contributed by atoms with Gasteiger partial charge in [0.05, 0.1) is 12.2 Å². The standard InChI is InChI=1S/C36H58O4/c1-5-7-9-11-13-15-17-19-21-35(37)39-31(3)23-25-33-27-29-34(30-28-33)26-24-32(4)40-36(38)22-20-18-16-14-12-10-8-6-2/h5-6,27-32H,1-2,7-26H2,3-4H3. The van der Waals surface area contributed by atoms with Gasteiger partial charge in [-0.3, -0.25) is 9.59 Å². The van der Waals surface area contributed by atoms with Crippen LogP contribution in [0.15, 0.2) is 49.6 Å². The lowest BCUT2D eigenvalue weighted by Gasteiger charge is -2.14. The molecule has 4 heteroatoms. The SMILES string of the molecule is C=CCCCCCCCCC(=O)OC(C)CCc1ccc(CCC(C)OC(=O)CCCCCCCCC=C)cc1. The summed E-state index contributed by atoms with van der Waals surface area (Å²) in [5, 5.41) is 0. The van der Waals surface area contributed by atoms with E-state index in [2.05, 4.69) is 37.4 Å². The van der Waals surface area contributed by atoms with Gasteiger partial charge in [-0.05, 0) is 89.2 Å². The van der Waals surface area contributed by atoms with Crippen molar-refractivity contribution in [3.63, 3.8) is 0 Å². The van der Waals surface area contributed by atoms with Crippen LogP contribution in [0.25, 0.3) is 0 Å². The second-order valence-corrected chi connectivity index (χ2v) is 11.4. The maximum atomic E-state index is 12.1. The minimum absolute atomic E-state index is 0.0658. The molecule has 0 bridgehead atoms. The van der Waals surface area contributed by atoms with Crippen molar-refractivity contribution in [3.05, 3.63) is 60.7 Å². The number of hydrogen-bond donors (Lipinski definition) is 0. The molecule has 226 valence electrons. The molecule has 0 aliphatic rings. The zero-order valence-electron chi connectivity index (χ0n) is 25.8. The highest BCUT2D eigenvalue weighted by Gasteiger charge is 2.11. The van der Waals surface area contributed by atoms with E-state index >= 15 is 0 Å². The number of carbonyl (C=O) groups is 2. The molecule has 2 atom stereocenters. The molecule has 0 heterocycles. The number of unbranched alkanes of at least 4 members (excludes halogenated alkanes) is 12. The minimum atomic E-state index is -0.0702. The van der Waals surface area contributed by atoms with E-state index < -0.39 is 0 Å². The quantitative estimate of drug-likeness (QED) is 0.0649. The summed E-state index contributed by atoms with van der Waals surface area (Å²) in [7, 11) is 0. The van der Waals surface area contributed by atoms with Crippen molar-refractivity contribution in [2.75, 3.05) is 0 Å². The Morgan fingerprint density at radius 3 is 1.27 bits per heavy atom. The fourth-order valence-corrected chi connectivity index (χ4v) is 4.83. The number of benzene rings is 1. The Hall–Kier alpha value is -2.36. The van der Waals surface area contributed by atoms with Gasteiger partial charge in [-0.15, -0.1) is 13.2 Å². The van der Waals surface area contributed by atoms with Crippen molar-refractivity contribution >= 4 is 11.9 Å². The summed E-state index contributed by atoms with van der Waals surface area (Å²) in [6.45, 7) is 11.5. The van der Waals surface area contributed by atoms with E-state index in [1.54, 1.807) is 0 Å². The number of rotatable bonds is 26. The zero-order chi connectivity index (χ0) is 29.3. The van der Waals surface area contributed by atoms with E-state index in [0.717, 1.165) is 64.2 Å². The molecule has 1 aromatic carbocycles. The van der Waals surface area contributed by atoms with Gasteiger partial charge in [-0.25, -0.2) is 0 Å². The Labute approximate surface area is 246 Å². The first-order chi connectivity index (χ1) is 19.4. The van der Waals surface area contributed by atoms with Gasteiger partial charge in [-0.1, -0.05) is 87.8 Å². The van der Waals surface area contributed by atoms with Crippen molar-refractivity contribution in [1.29, 1.82) is 0 Å². The van der Waals surface area contributed by atoms with Crippen molar-refractivity contribution in [3.8, 4) is 0 Å². The molecule has 1 rings (SSSR count). The lowest BCUT2D eigenvalue weighted by atomic mass is 10.0. The summed E-state index contributed by atoms with van der Waals surface area (Å²) >= 11 is 0. The van der Waals surface area contributed by atoms with E-state index in [9.17, 15) is 9.59 Å². The zero-order valence-corrected chi connectivity index (χ0v) is 25.8. The van der Waals surface area contributed by atoms with Gasteiger partial charge in [0, 0.05) is 12.8 Å². The average Bonchev–Trinajstić information content (AvgIpc) is 2.94. The molecule has 1 aromatic rings. The van der Waals surface area contributed by atoms with E-state index in [1.807, 2.05) is 26.0 Å². The summed E-state index contributed by atoms with van der Waals surface area (Å²) in [6.07, 6.45) is 24.4. The molecule has 0 saturated heterocycles. The summed E-state index contributed by atoms with van der Waals surface area (Å²) in [5.41, 5.74) is 2.51.